The van der Waals surface area contributed by atoms with E-state index in [1.54, 1.807) is 17.1 Å². The molecule has 5 nitrogen and oxygen atoms in total. The van der Waals surface area contributed by atoms with E-state index in [9.17, 15) is 4.79 Å². The van der Waals surface area contributed by atoms with Crippen molar-refractivity contribution in [3.63, 3.8) is 0 Å². The maximum atomic E-state index is 11.8. The zero-order valence-electron chi connectivity index (χ0n) is 12.2. The summed E-state index contributed by atoms with van der Waals surface area (Å²) < 4.78 is 1.78. The summed E-state index contributed by atoms with van der Waals surface area (Å²) in [5.74, 6) is -0.0753. The minimum Gasteiger partial charge on any atom is -0.322 e. The smallest absolute Gasteiger partial charge is 0.241 e. The van der Waals surface area contributed by atoms with Crippen LogP contribution in [0.25, 0.3) is 0 Å². The third-order valence-electron chi connectivity index (χ3n) is 3.11. The summed E-state index contributed by atoms with van der Waals surface area (Å²) in [4.78, 5) is 11.8. The number of nitrogens with two attached hydrogens (primary N) is 1. The molecule has 0 spiro atoms. The van der Waals surface area contributed by atoms with Crippen LogP contribution in [0.3, 0.4) is 0 Å². The molecule has 1 atom stereocenters. The fourth-order valence-electron chi connectivity index (χ4n) is 1.81. The van der Waals surface area contributed by atoms with Crippen molar-refractivity contribution >= 4 is 24.0 Å². The third kappa shape index (κ3) is 4.88. The highest BCUT2D eigenvalue weighted by atomic mass is 35.5. The molecule has 0 radical (unpaired) electrons. The zero-order chi connectivity index (χ0) is 14.5. The fourth-order valence-corrected chi connectivity index (χ4v) is 1.81. The van der Waals surface area contributed by atoms with Gasteiger partial charge in [-0.05, 0) is 11.5 Å². The Bertz CT molecular complexity index is 568. The normalized spacial score (nSPS) is 11.8. The molecule has 0 fully saturated rings. The first-order chi connectivity index (χ1) is 9.56. The van der Waals surface area contributed by atoms with Crippen LogP contribution >= 0.6 is 12.4 Å². The van der Waals surface area contributed by atoms with Crippen LogP contribution in [0.15, 0.2) is 42.7 Å². The Morgan fingerprint density at radius 1 is 1.33 bits per heavy atom. The number of rotatable bonds is 5. The highest BCUT2D eigenvalue weighted by molar-refractivity contribution is 5.94. The topological polar surface area (TPSA) is 72.9 Å². The Balaban J connectivity index is 0.00000220. The van der Waals surface area contributed by atoms with Gasteiger partial charge in [0.2, 0.25) is 5.91 Å². The second-order valence-electron chi connectivity index (χ2n) is 5.17. The van der Waals surface area contributed by atoms with E-state index in [4.69, 9.17) is 5.73 Å². The molecule has 0 saturated carbocycles. The molecule has 1 aromatic heterocycles. The van der Waals surface area contributed by atoms with E-state index in [1.807, 2.05) is 44.2 Å². The van der Waals surface area contributed by atoms with Crippen molar-refractivity contribution in [3.8, 4) is 0 Å². The van der Waals surface area contributed by atoms with Gasteiger partial charge in [-0.2, -0.15) is 5.10 Å². The van der Waals surface area contributed by atoms with Gasteiger partial charge in [0.25, 0.3) is 0 Å². The number of hydrogen-bond acceptors (Lipinski definition) is 3. The molecule has 1 unspecified atom stereocenters. The van der Waals surface area contributed by atoms with Crippen LogP contribution in [0.5, 0.6) is 0 Å². The number of amides is 1. The molecule has 1 aromatic carbocycles. The van der Waals surface area contributed by atoms with Gasteiger partial charge in [0.05, 0.1) is 24.5 Å². The average Bonchev–Trinajstić information content (AvgIpc) is 2.86. The lowest BCUT2D eigenvalue weighted by molar-refractivity contribution is -0.118. The molecule has 1 heterocycles. The van der Waals surface area contributed by atoms with E-state index in [0.717, 1.165) is 5.56 Å². The molecular weight excluding hydrogens is 288 g/mol. The molecule has 0 aliphatic heterocycles. The summed E-state index contributed by atoms with van der Waals surface area (Å²) in [5.41, 5.74) is 7.63. The summed E-state index contributed by atoms with van der Waals surface area (Å²) in [5, 5.41) is 7.01. The maximum Gasteiger partial charge on any atom is 0.241 e. The van der Waals surface area contributed by atoms with E-state index in [1.165, 1.54) is 0 Å². The second-order valence-corrected chi connectivity index (χ2v) is 5.17. The molecule has 0 aliphatic rings. The van der Waals surface area contributed by atoms with E-state index in [0.29, 0.717) is 12.2 Å². The lowest BCUT2D eigenvalue weighted by Gasteiger charge is -2.14. The highest BCUT2D eigenvalue weighted by Gasteiger charge is 2.17. The van der Waals surface area contributed by atoms with Crippen LogP contribution in [0.1, 0.15) is 19.4 Å². The Hall–Kier alpha value is -1.85. The van der Waals surface area contributed by atoms with E-state index in [2.05, 4.69) is 10.4 Å². The monoisotopic (exact) mass is 308 g/mol. The first-order valence-corrected chi connectivity index (χ1v) is 6.69. The summed E-state index contributed by atoms with van der Waals surface area (Å²) in [7, 11) is 0. The Kier molecular flexibility index (Phi) is 6.39. The van der Waals surface area contributed by atoms with Crippen molar-refractivity contribution in [2.24, 2.45) is 11.7 Å². The summed E-state index contributed by atoms with van der Waals surface area (Å²) in [6.45, 7) is 4.51. The molecule has 0 aliphatic carbocycles. The van der Waals surface area contributed by atoms with Gasteiger partial charge in [-0.25, -0.2) is 0 Å². The highest BCUT2D eigenvalue weighted by Crippen LogP contribution is 2.09. The molecule has 0 saturated heterocycles. The van der Waals surface area contributed by atoms with Gasteiger partial charge in [-0.15, -0.1) is 12.4 Å². The molecule has 2 rings (SSSR count). The number of carbonyl (C=O) groups excluding carboxylic acids is 1. The van der Waals surface area contributed by atoms with Crippen molar-refractivity contribution in [2.75, 3.05) is 5.32 Å². The second kappa shape index (κ2) is 7.81. The van der Waals surface area contributed by atoms with Crippen LogP contribution in [-0.2, 0) is 11.3 Å². The van der Waals surface area contributed by atoms with E-state index in [-0.39, 0.29) is 24.2 Å². The lowest BCUT2D eigenvalue weighted by atomic mass is 10.1. The number of aromatic nitrogens is 2. The molecule has 1 amide bonds. The summed E-state index contributed by atoms with van der Waals surface area (Å²) in [6.07, 6.45) is 3.44. The van der Waals surface area contributed by atoms with Gasteiger partial charge >= 0.3 is 0 Å². The van der Waals surface area contributed by atoms with Crippen LogP contribution < -0.4 is 11.1 Å². The van der Waals surface area contributed by atoms with Crippen molar-refractivity contribution in [3.05, 3.63) is 48.3 Å². The molecular formula is C15H21ClN4O. The minimum atomic E-state index is -0.507. The number of nitrogens with one attached hydrogen (secondary N) is 1. The van der Waals surface area contributed by atoms with Gasteiger partial charge in [-0.1, -0.05) is 44.2 Å². The quantitative estimate of drug-likeness (QED) is 0.890. The SMILES string of the molecule is CC(C)C(N)C(=O)Nc1cnn(Cc2ccccc2)c1.Cl. The van der Waals surface area contributed by atoms with Crippen molar-refractivity contribution in [2.45, 2.75) is 26.4 Å². The fraction of sp³-hybridized carbons (Fsp3) is 0.333. The molecule has 114 valence electrons. The number of halogens is 1. The van der Waals surface area contributed by atoms with E-state index >= 15 is 0 Å². The van der Waals surface area contributed by atoms with Crippen molar-refractivity contribution in [1.82, 2.24) is 9.78 Å². The standard InChI is InChI=1S/C15H20N4O.ClH/c1-11(2)14(16)15(20)18-13-8-17-19(10-13)9-12-6-4-3-5-7-12;/h3-8,10-11,14H,9,16H2,1-2H3,(H,18,20);1H. The number of nitrogens with zero attached hydrogens (tertiary/aromatic N) is 2. The van der Waals surface area contributed by atoms with Crippen molar-refractivity contribution < 1.29 is 4.79 Å². The van der Waals surface area contributed by atoms with Gasteiger partial charge in [-0.3, -0.25) is 9.48 Å². The number of benzene rings is 1. The van der Waals surface area contributed by atoms with Crippen LogP contribution in [0.2, 0.25) is 0 Å². The predicted octanol–water partition coefficient (Wildman–Crippen LogP) is 2.27. The molecule has 0 bridgehead atoms. The Morgan fingerprint density at radius 2 is 2.00 bits per heavy atom. The number of anilines is 1. The van der Waals surface area contributed by atoms with E-state index < -0.39 is 6.04 Å². The summed E-state index contributed by atoms with van der Waals surface area (Å²) >= 11 is 0. The largest absolute Gasteiger partial charge is 0.322 e. The van der Waals surface area contributed by atoms with Crippen LogP contribution in [-0.4, -0.2) is 21.7 Å². The number of carbonyl (C=O) groups is 1. The summed E-state index contributed by atoms with van der Waals surface area (Å²) in [6, 6.07) is 9.52. The molecule has 6 heteroatoms. The van der Waals surface area contributed by atoms with Gasteiger partial charge in [0, 0.05) is 6.20 Å². The Labute approximate surface area is 130 Å². The first kappa shape index (κ1) is 17.2. The third-order valence-corrected chi connectivity index (χ3v) is 3.11. The maximum absolute atomic E-state index is 11.8. The number of hydrogen-bond donors (Lipinski definition) is 2. The molecule has 21 heavy (non-hydrogen) atoms. The first-order valence-electron chi connectivity index (χ1n) is 6.69. The van der Waals surface area contributed by atoms with Gasteiger partial charge in [0.15, 0.2) is 0 Å². The van der Waals surface area contributed by atoms with Crippen LogP contribution in [0, 0.1) is 5.92 Å². The molecule has 3 N–H and O–H groups in total. The lowest BCUT2D eigenvalue weighted by Crippen LogP contribution is -2.39. The minimum absolute atomic E-state index is 0. The van der Waals surface area contributed by atoms with Gasteiger partial charge in [0.1, 0.15) is 0 Å². The average molecular weight is 309 g/mol. The Morgan fingerprint density at radius 3 is 2.62 bits per heavy atom. The zero-order valence-corrected chi connectivity index (χ0v) is 13.0. The van der Waals surface area contributed by atoms with Gasteiger partial charge < -0.3 is 11.1 Å². The molecule has 2 aromatic rings. The predicted molar refractivity (Wildman–Crippen MR) is 86.5 cm³/mol. The van der Waals surface area contributed by atoms with Crippen molar-refractivity contribution in [1.29, 1.82) is 0 Å². The van der Waals surface area contributed by atoms with Crippen LogP contribution in [0.4, 0.5) is 5.69 Å².